The molecule has 0 saturated carbocycles. The van der Waals surface area contributed by atoms with Gasteiger partial charge in [0.15, 0.2) is 0 Å². The molecule has 3 rings (SSSR count). The van der Waals surface area contributed by atoms with Crippen molar-refractivity contribution >= 4 is 5.91 Å². The Kier molecular flexibility index (Phi) is 3.74. The van der Waals surface area contributed by atoms with Crippen molar-refractivity contribution < 1.29 is 9.18 Å². The van der Waals surface area contributed by atoms with Gasteiger partial charge in [-0.25, -0.2) is 4.39 Å². The van der Waals surface area contributed by atoms with Gasteiger partial charge in [-0.3, -0.25) is 4.79 Å². The van der Waals surface area contributed by atoms with Gasteiger partial charge in [0.25, 0.3) is 5.91 Å². The van der Waals surface area contributed by atoms with Gasteiger partial charge in [0.2, 0.25) is 0 Å². The van der Waals surface area contributed by atoms with Gasteiger partial charge in [-0.1, -0.05) is 6.07 Å². The second-order valence-corrected chi connectivity index (χ2v) is 6.01. The summed E-state index contributed by atoms with van der Waals surface area (Å²) < 4.78 is 13.4. The number of amides is 1. The summed E-state index contributed by atoms with van der Waals surface area (Å²) >= 11 is 0. The lowest BCUT2D eigenvalue weighted by Crippen LogP contribution is -2.33. The lowest BCUT2D eigenvalue weighted by atomic mass is 9.92. The van der Waals surface area contributed by atoms with Crippen molar-refractivity contribution in [1.82, 2.24) is 10.2 Å². The second-order valence-electron chi connectivity index (χ2n) is 6.01. The van der Waals surface area contributed by atoms with E-state index in [1.54, 1.807) is 6.07 Å². The minimum absolute atomic E-state index is 0.0186. The zero-order valence-corrected chi connectivity index (χ0v) is 11.9. The molecule has 2 aliphatic rings. The van der Waals surface area contributed by atoms with Crippen molar-refractivity contribution in [3.8, 4) is 0 Å². The molecule has 1 aromatic rings. The number of nitrogens with one attached hydrogen (secondary N) is 1. The van der Waals surface area contributed by atoms with E-state index in [1.807, 2.05) is 11.8 Å². The normalized spacial score (nSPS) is 26.2. The summed E-state index contributed by atoms with van der Waals surface area (Å²) in [6.45, 7) is 5.59. The van der Waals surface area contributed by atoms with E-state index in [1.165, 1.54) is 12.1 Å². The van der Waals surface area contributed by atoms with Crippen molar-refractivity contribution in [2.24, 2.45) is 11.8 Å². The Morgan fingerprint density at radius 3 is 2.55 bits per heavy atom. The van der Waals surface area contributed by atoms with Gasteiger partial charge in [-0.2, -0.15) is 0 Å². The number of rotatable bonds is 1. The Morgan fingerprint density at radius 2 is 1.90 bits per heavy atom. The molecule has 2 atom stereocenters. The Labute approximate surface area is 119 Å². The van der Waals surface area contributed by atoms with Crippen LogP contribution >= 0.6 is 0 Å². The number of carbonyl (C=O) groups excluding carboxylic acids is 1. The number of aryl methyl sites for hydroxylation is 1. The zero-order valence-electron chi connectivity index (χ0n) is 11.9. The summed E-state index contributed by atoms with van der Waals surface area (Å²) in [7, 11) is 0. The van der Waals surface area contributed by atoms with Gasteiger partial charge in [-0.05, 0) is 62.4 Å². The summed E-state index contributed by atoms with van der Waals surface area (Å²) in [4.78, 5) is 14.5. The SMILES string of the molecule is Cc1ccc(F)cc1C(=O)N1CC[C@@H]2CNC[C@@H]2CC1. The highest BCUT2D eigenvalue weighted by Gasteiger charge is 2.31. The Morgan fingerprint density at radius 1 is 1.25 bits per heavy atom. The fourth-order valence-corrected chi connectivity index (χ4v) is 3.42. The molecule has 2 heterocycles. The minimum atomic E-state index is -0.338. The molecule has 0 unspecified atom stereocenters. The maximum atomic E-state index is 13.4. The first-order chi connectivity index (χ1) is 9.65. The van der Waals surface area contributed by atoms with Crippen LogP contribution in [0.15, 0.2) is 18.2 Å². The molecular formula is C16H21FN2O. The smallest absolute Gasteiger partial charge is 0.254 e. The van der Waals surface area contributed by atoms with E-state index in [-0.39, 0.29) is 11.7 Å². The molecule has 0 bridgehead atoms. The van der Waals surface area contributed by atoms with E-state index in [9.17, 15) is 9.18 Å². The fourth-order valence-electron chi connectivity index (χ4n) is 3.42. The molecule has 1 N–H and O–H groups in total. The molecule has 1 amide bonds. The topological polar surface area (TPSA) is 32.3 Å². The van der Waals surface area contributed by atoms with Crippen molar-refractivity contribution in [1.29, 1.82) is 0 Å². The first-order valence-corrected chi connectivity index (χ1v) is 7.41. The van der Waals surface area contributed by atoms with Crippen LogP contribution in [-0.4, -0.2) is 37.0 Å². The van der Waals surface area contributed by atoms with Gasteiger partial charge < -0.3 is 10.2 Å². The molecule has 0 aliphatic carbocycles. The number of nitrogens with zero attached hydrogens (tertiary/aromatic N) is 1. The number of likely N-dealkylation sites (tertiary alicyclic amines) is 1. The van der Waals surface area contributed by atoms with E-state index >= 15 is 0 Å². The summed E-state index contributed by atoms with van der Waals surface area (Å²) in [6, 6.07) is 4.45. The molecule has 0 aromatic heterocycles. The van der Waals surface area contributed by atoms with Crippen molar-refractivity contribution in [2.45, 2.75) is 19.8 Å². The number of hydrogen-bond donors (Lipinski definition) is 1. The lowest BCUT2D eigenvalue weighted by Gasteiger charge is -2.22. The number of carbonyl (C=O) groups is 1. The van der Waals surface area contributed by atoms with Crippen molar-refractivity contribution in [2.75, 3.05) is 26.2 Å². The largest absolute Gasteiger partial charge is 0.339 e. The van der Waals surface area contributed by atoms with Gasteiger partial charge in [0, 0.05) is 18.7 Å². The molecule has 0 spiro atoms. The Balaban J connectivity index is 1.75. The molecule has 20 heavy (non-hydrogen) atoms. The van der Waals surface area contributed by atoms with Crippen LogP contribution in [0.4, 0.5) is 4.39 Å². The number of benzene rings is 1. The average molecular weight is 276 g/mol. The van der Waals surface area contributed by atoms with Gasteiger partial charge in [-0.15, -0.1) is 0 Å². The van der Waals surface area contributed by atoms with Gasteiger partial charge in [0.05, 0.1) is 0 Å². The highest BCUT2D eigenvalue weighted by atomic mass is 19.1. The predicted octanol–water partition coefficient (Wildman–Crippen LogP) is 2.21. The maximum absolute atomic E-state index is 13.4. The summed E-state index contributed by atoms with van der Waals surface area (Å²) in [5.41, 5.74) is 1.36. The van der Waals surface area contributed by atoms with Crippen LogP contribution in [0.25, 0.3) is 0 Å². The predicted molar refractivity (Wildman–Crippen MR) is 76.1 cm³/mol. The lowest BCUT2D eigenvalue weighted by molar-refractivity contribution is 0.0757. The molecule has 3 nitrogen and oxygen atoms in total. The molecule has 2 fully saturated rings. The zero-order chi connectivity index (χ0) is 14.1. The maximum Gasteiger partial charge on any atom is 0.254 e. The standard InChI is InChI=1S/C16H21FN2O/c1-11-2-3-14(17)8-15(11)16(20)19-6-4-12-9-18-10-13(12)5-7-19/h2-3,8,12-13,18H,4-7,9-10H2,1H3/t12-,13+. The van der Waals surface area contributed by atoms with E-state index < -0.39 is 0 Å². The van der Waals surface area contributed by atoms with Crippen molar-refractivity contribution in [3.05, 3.63) is 35.1 Å². The molecule has 0 radical (unpaired) electrons. The van der Waals surface area contributed by atoms with Crippen LogP contribution in [0.3, 0.4) is 0 Å². The van der Waals surface area contributed by atoms with Gasteiger partial charge in [0.1, 0.15) is 5.82 Å². The molecule has 2 saturated heterocycles. The Bertz CT molecular complexity index is 503. The van der Waals surface area contributed by atoms with E-state index in [0.29, 0.717) is 17.4 Å². The van der Waals surface area contributed by atoms with Crippen LogP contribution in [0, 0.1) is 24.6 Å². The van der Waals surface area contributed by atoms with E-state index in [4.69, 9.17) is 0 Å². The van der Waals surface area contributed by atoms with Gasteiger partial charge >= 0.3 is 0 Å². The number of hydrogen-bond acceptors (Lipinski definition) is 2. The third-order valence-corrected chi connectivity index (χ3v) is 4.74. The highest BCUT2D eigenvalue weighted by molar-refractivity contribution is 5.95. The van der Waals surface area contributed by atoms with Crippen LogP contribution in [0.1, 0.15) is 28.8 Å². The summed E-state index contributed by atoms with van der Waals surface area (Å²) in [5, 5.41) is 3.43. The summed E-state index contributed by atoms with van der Waals surface area (Å²) in [6.07, 6.45) is 2.11. The monoisotopic (exact) mass is 276 g/mol. The molecule has 2 aliphatic heterocycles. The molecule has 108 valence electrons. The summed E-state index contributed by atoms with van der Waals surface area (Å²) in [5.74, 6) is 1.03. The van der Waals surface area contributed by atoms with Crippen LogP contribution < -0.4 is 5.32 Å². The second kappa shape index (κ2) is 5.52. The first-order valence-electron chi connectivity index (χ1n) is 7.41. The first kappa shape index (κ1) is 13.6. The quantitative estimate of drug-likeness (QED) is 0.853. The third kappa shape index (κ3) is 2.57. The van der Waals surface area contributed by atoms with Crippen molar-refractivity contribution in [3.63, 3.8) is 0 Å². The fraction of sp³-hybridized carbons (Fsp3) is 0.562. The minimum Gasteiger partial charge on any atom is -0.339 e. The molecular weight excluding hydrogens is 255 g/mol. The molecule has 1 aromatic carbocycles. The highest BCUT2D eigenvalue weighted by Crippen LogP contribution is 2.28. The van der Waals surface area contributed by atoms with E-state index in [2.05, 4.69) is 5.32 Å². The number of halogens is 1. The third-order valence-electron chi connectivity index (χ3n) is 4.74. The van der Waals surface area contributed by atoms with Crippen LogP contribution in [0.5, 0.6) is 0 Å². The average Bonchev–Trinajstić information content (AvgIpc) is 2.80. The van der Waals surface area contributed by atoms with E-state index in [0.717, 1.165) is 44.6 Å². The van der Waals surface area contributed by atoms with Crippen LogP contribution in [0.2, 0.25) is 0 Å². The number of fused-ring (bicyclic) bond motifs is 1. The van der Waals surface area contributed by atoms with Crippen LogP contribution in [-0.2, 0) is 0 Å². The Hall–Kier alpha value is -1.42. The molecule has 4 heteroatoms.